The first-order valence-electron chi connectivity index (χ1n) is 11.5. The minimum Gasteiger partial charge on any atom is -0.393 e. The number of hydrogen-bond donors (Lipinski definition) is 3. The average Bonchev–Trinajstić information content (AvgIpc) is 3.51. The molecule has 5 rings (SSSR count). The standard InChI is InChI=1S/C23H26IN5O4S2/c1-11-19-18(12(2)30)23(33)29(19)20(22(24)32)21(11)35-14-7-13(26-8-14)3-4-16-27(9-15(25)31)10-17-28(16)5-6-34-17/h3-6,10-14,18-19,26,30H,7-9H2,1-2H3,(H-,25,31)/p+1/b4-3-/t11-,12-,13-,14+,18-,19-/m1/s1. The maximum atomic E-state index is 12.7. The number of allylic oxidation sites excluding steroid dienone is 1. The molecular weight excluding hydrogens is 601 g/mol. The Morgan fingerprint density at radius 2 is 2.26 bits per heavy atom. The number of nitrogens with two attached hydrogens (primary N) is 1. The average molecular weight is 629 g/mol. The lowest BCUT2D eigenvalue weighted by Crippen LogP contribution is -2.63. The van der Waals surface area contributed by atoms with Crippen molar-refractivity contribution < 1.29 is 24.1 Å². The number of carbonyl (C=O) groups is 3. The lowest BCUT2D eigenvalue weighted by Gasteiger charge is -2.46. The number of rotatable bonds is 8. The maximum absolute atomic E-state index is 12.7. The predicted octanol–water partition coefficient (Wildman–Crippen LogP) is 1.28. The molecular formula is C23H27IN5O4S2+. The third-order valence-electron chi connectivity index (χ3n) is 6.96. The van der Waals surface area contributed by atoms with Crippen molar-refractivity contribution in [1.29, 1.82) is 0 Å². The summed E-state index contributed by atoms with van der Waals surface area (Å²) < 4.78 is 3.76. The van der Waals surface area contributed by atoms with Gasteiger partial charge in [-0.1, -0.05) is 24.3 Å². The third-order valence-corrected chi connectivity index (χ3v) is 9.78. The molecule has 0 radical (unpaired) electrons. The zero-order valence-corrected chi connectivity index (χ0v) is 23.0. The van der Waals surface area contributed by atoms with Gasteiger partial charge in [0.2, 0.25) is 14.5 Å². The van der Waals surface area contributed by atoms with Crippen LogP contribution in [-0.4, -0.2) is 60.0 Å². The number of fused-ring (bicyclic) bond motifs is 2. The maximum Gasteiger partial charge on any atom is 0.287 e. The van der Waals surface area contributed by atoms with Crippen molar-refractivity contribution in [3.8, 4) is 0 Å². The van der Waals surface area contributed by atoms with Gasteiger partial charge in [-0.2, -0.15) is 4.40 Å². The predicted molar refractivity (Wildman–Crippen MR) is 143 cm³/mol. The second-order valence-electron chi connectivity index (χ2n) is 9.28. The Labute approximate surface area is 224 Å². The number of hydrogen-bond acceptors (Lipinski definition) is 7. The highest BCUT2D eigenvalue weighted by Gasteiger charge is 2.59. The number of halogens is 1. The van der Waals surface area contributed by atoms with Gasteiger partial charge < -0.3 is 21.1 Å². The van der Waals surface area contributed by atoms with Gasteiger partial charge in [-0.15, -0.1) is 11.8 Å². The Morgan fingerprint density at radius 3 is 2.94 bits per heavy atom. The van der Waals surface area contributed by atoms with Crippen LogP contribution in [0, 0.1) is 11.8 Å². The van der Waals surface area contributed by atoms with Crippen molar-refractivity contribution in [3.05, 3.63) is 40.3 Å². The molecule has 4 N–H and O–H groups in total. The summed E-state index contributed by atoms with van der Waals surface area (Å²) >= 11 is 5.03. The summed E-state index contributed by atoms with van der Waals surface area (Å²) in [7, 11) is 0. The molecule has 12 heteroatoms. The molecule has 2 fully saturated rings. The third kappa shape index (κ3) is 4.37. The minimum absolute atomic E-state index is 0.0148. The van der Waals surface area contributed by atoms with Gasteiger partial charge in [0.25, 0.3) is 11.7 Å². The van der Waals surface area contributed by atoms with Crippen molar-refractivity contribution >= 4 is 72.2 Å². The molecule has 2 aromatic heterocycles. The van der Waals surface area contributed by atoms with Gasteiger partial charge >= 0.3 is 0 Å². The number of β-lactam (4-membered cyclic amide) rings is 1. The monoisotopic (exact) mass is 628 g/mol. The molecule has 6 atom stereocenters. The van der Waals surface area contributed by atoms with Gasteiger partial charge in [-0.3, -0.25) is 14.4 Å². The van der Waals surface area contributed by atoms with Crippen molar-refractivity contribution in [2.45, 2.75) is 50.3 Å². The van der Waals surface area contributed by atoms with E-state index in [0.717, 1.165) is 28.5 Å². The summed E-state index contributed by atoms with van der Waals surface area (Å²) in [5.41, 5.74) is 5.92. The molecule has 0 spiro atoms. The quantitative estimate of drug-likeness (QED) is 0.176. The molecule has 3 aliphatic rings. The molecule has 2 saturated heterocycles. The van der Waals surface area contributed by atoms with Crippen LogP contribution in [0.2, 0.25) is 0 Å². The number of primary amides is 1. The second kappa shape index (κ2) is 9.61. The van der Waals surface area contributed by atoms with Crippen LogP contribution in [0.25, 0.3) is 10.9 Å². The van der Waals surface area contributed by atoms with Crippen LogP contribution in [0.3, 0.4) is 0 Å². The summed E-state index contributed by atoms with van der Waals surface area (Å²) in [6.45, 7) is 4.58. The number of aliphatic hydroxyl groups excluding tert-OH is 1. The molecule has 0 saturated carbocycles. The second-order valence-corrected chi connectivity index (χ2v) is 12.5. The zero-order valence-electron chi connectivity index (χ0n) is 19.3. The Balaban J connectivity index is 1.30. The SMILES string of the molecule is C[C@@H](O)[C@H]1C(=O)N2C(C(=O)I)=C(S[C@@H]3CN[C@H](/C=C\c4n5ccsc5c[n+]4CC(N)=O)C3)[C@H](C)[C@H]12. The topological polar surface area (TPSA) is 121 Å². The number of carbonyl (C=O) groups excluding carboxylic acids is 3. The fraction of sp³-hybridized carbons (Fsp3) is 0.478. The molecule has 35 heavy (non-hydrogen) atoms. The Morgan fingerprint density at radius 1 is 1.49 bits per heavy atom. The molecule has 0 aromatic carbocycles. The molecule has 9 nitrogen and oxygen atoms in total. The number of thioether (sulfide) groups is 1. The number of thiazole rings is 1. The summed E-state index contributed by atoms with van der Waals surface area (Å²) in [6, 6.07) is -0.00879. The fourth-order valence-corrected chi connectivity index (χ4v) is 8.40. The summed E-state index contributed by atoms with van der Waals surface area (Å²) in [6.07, 6.45) is 8.16. The van der Waals surface area contributed by atoms with Crippen molar-refractivity contribution in [2.24, 2.45) is 17.6 Å². The minimum atomic E-state index is -0.732. The van der Waals surface area contributed by atoms with E-state index in [1.807, 2.05) is 39.7 Å². The molecule has 0 bridgehead atoms. The molecule has 186 valence electrons. The van der Waals surface area contributed by atoms with E-state index in [4.69, 9.17) is 5.73 Å². The van der Waals surface area contributed by atoms with E-state index in [-0.39, 0.29) is 45.4 Å². The van der Waals surface area contributed by atoms with E-state index in [1.165, 1.54) is 0 Å². The number of aliphatic hydroxyl groups is 1. The Bertz CT molecular complexity index is 1270. The Kier molecular flexibility index (Phi) is 6.85. The largest absolute Gasteiger partial charge is 0.393 e. The van der Waals surface area contributed by atoms with Gasteiger partial charge in [0.15, 0.2) is 6.54 Å². The first kappa shape index (κ1) is 24.9. The highest BCUT2D eigenvalue weighted by molar-refractivity contribution is 14.1. The van der Waals surface area contributed by atoms with Crippen LogP contribution in [0.15, 0.2) is 34.5 Å². The van der Waals surface area contributed by atoms with Gasteiger partial charge in [0, 0.05) is 62.7 Å². The van der Waals surface area contributed by atoms with Crippen molar-refractivity contribution in [2.75, 3.05) is 6.54 Å². The lowest BCUT2D eigenvalue weighted by molar-refractivity contribution is -0.684. The van der Waals surface area contributed by atoms with Gasteiger partial charge in [0.05, 0.1) is 18.1 Å². The van der Waals surface area contributed by atoms with Gasteiger partial charge in [0.1, 0.15) is 18.1 Å². The highest BCUT2D eigenvalue weighted by Crippen LogP contribution is 2.52. The smallest absolute Gasteiger partial charge is 0.287 e. The van der Waals surface area contributed by atoms with E-state index in [2.05, 4.69) is 11.4 Å². The van der Waals surface area contributed by atoms with Crippen molar-refractivity contribution in [1.82, 2.24) is 14.6 Å². The Hall–Kier alpha value is -1.74. The summed E-state index contributed by atoms with van der Waals surface area (Å²) in [5.74, 6) is -0.0989. The van der Waals surface area contributed by atoms with E-state index in [1.54, 1.807) is 57.5 Å². The molecule has 0 unspecified atom stereocenters. The molecule has 2 amide bonds. The molecule has 3 aliphatic heterocycles. The number of nitrogens with zero attached hydrogens (tertiary/aromatic N) is 3. The first-order chi connectivity index (χ1) is 16.7. The molecule has 0 aliphatic carbocycles. The number of imidazole rings is 1. The number of amides is 2. The summed E-state index contributed by atoms with van der Waals surface area (Å²) in [5, 5.41) is 15.9. The number of nitrogens with one attached hydrogen (secondary N) is 1. The van der Waals surface area contributed by atoms with E-state index in [0.29, 0.717) is 5.70 Å². The van der Waals surface area contributed by atoms with Gasteiger partial charge in [-0.25, -0.2) is 4.57 Å². The first-order valence-corrected chi connectivity index (χ1v) is 14.3. The van der Waals surface area contributed by atoms with E-state index in [9.17, 15) is 19.5 Å². The van der Waals surface area contributed by atoms with Crippen molar-refractivity contribution in [3.63, 3.8) is 0 Å². The van der Waals surface area contributed by atoms with Crippen LogP contribution in [0.4, 0.5) is 0 Å². The van der Waals surface area contributed by atoms with Gasteiger partial charge in [-0.05, 0) is 13.3 Å². The highest BCUT2D eigenvalue weighted by atomic mass is 127. The van der Waals surface area contributed by atoms with Crippen LogP contribution in [0.1, 0.15) is 26.1 Å². The normalized spacial score (nSPS) is 29.3. The van der Waals surface area contributed by atoms with E-state index >= 15 is 0 Å². The summed E-state index contributed by atoms with van der Waals surface area (Å²) in [4.78, 5) is 40.2. The lowest BCUT2D eigenvalue weighted by atomic mass is 9.79. The zero-order chi connectivity index (χ0) is 25.0. The molecule has 2 aromatic rings. The van der Waals surface area contributed by atoms with Crippen LogP contribution in [0.5, 0.6) is 0 Å². The molecule has 5 heterocycles. The fourth-order valence-electron chi connectivity index (χ4n) is 5.39. The number of aromatic nitrogens is 2. The van der Waals surface area contributed by atoms with E-state index < -0.39 is 12.0 Å². The van der Waals surface area contributed by atoms with Crippen LogP contribution < -0.4 is 15.6 Å². The van der Waals surface area contributed by atoms with Crippen LogP contribution >= 0.6 is 45.7 Å². The van der Waals surface area contributed by atoms with Crippen LogP contribution in [-0.2, 0) is 20.9 Å².